The van der Waals surface area contributed by atoms with E-state index in [1.54, 1.807) is 17.9 Å². The van der Waals surface area contributed by atoms with E-state index in [4.69, 9.17) is 10.2 Å². The molecule has 130 valence electrons. The normalized spacial score (nSPS) is 23.2. The lowest BCUT2D eigenvalue weighted by Crippen LogP contribution is -2.43. The van der Waals surface area contributed by atoms with Gasteiger partial charge in [-0.2, -0.15) is 0 Å². The number of anilines is 1. The molecule has 1 amide bonds. The first-order chi connectivity index (χ1) is 12.1. The smallest absolute Gasteiger partial charge is 0.291 e. The van der Waals surface area contributed by atoms with Gasteiger partial charge in [0.15, 0.2) is 17.9 Å². The average molecular weight is 343 g/mol. The van der Waals surface area contributed by atoms with Crippen molar-refractivity contribution in [3.05, 3.63) is 31.0 Å². The Morgan fingerprint density at radius 1 is 1.40 bits per heavy atom. The van der Waals surface area contributed by atoms with E-state index in [0.29, 0.717) is 29.8 Å². The molecule has 1 saturated carbocycles. The topological polar surface area (TPSA) is 136 Å². The van der Waals surface area contributed by atoms with E-state index < -0.39 is 6.10 Å². The molecule has 3 aromatic rings. The highest BCUT2D eigenvalue weighted by atomic mass is 16.3. The molecule has 10 nitrogen and oxygen atoms in total. The molecule has 3 atom stereocenters. The number of nitrogens with zero attached hydrogens (tertiary/aromatic N) is 6. The minimum atomic E-state index is -0.773. The molecule has 1 aliphatic carbocycles. The molecule has 0 spiro atoms. The van der Waals surface area contributed by atoms with Gasteiger partial charge in [0.25, 0.3) is 5.91 Å². The van der Waals surface area contributed by atoms with Crippen LogP contribution in [0.5, 0.6) is 0 Å². The number of nitrogens with two attached hydrogens (primary N) is 1. The van der Waals surface area contributed by atoms with Crippen molar-refractivity contribution in [3.8, 4) is 0 Å². The Kier molecular flexibility index (Phi) is 3.61. The first-order valence-corrected chi connectivity index (χ1v) is 7.84. The zero-order valence-electron chi connectivity index (χ0n) is 13.5. The summed E-state index contributed by atoms with van der Waals surface area (Å²) in [6, 6.07) is -0.603. The lowest BCUT2D eigenvalue weighted by molar-refractivity contribution is 0.0424. The van der Waals surface area contributed by atoms with Crippen LogP contribution in [0.2, 0.25) is 0 Å². The number of hydrogen-bond donors (Lipinski definition) is 2. The van der Waals surface area contributed by atoms with Gasteiger partial charge in [0.1, 0.15) is 11.8 Å². The van der Waals surface area contributed by atoms with Crippen molar-refractivity contribution in [3.63, 3.8) is 0 Å². The molecule has 0 saturated heterocycles. The highest BCUT2D eigenvalue weighted by Gasteiger charge is 2.41. The number of aliphatic hydroxyl groups excluding tert-OH is 1. The average Bonchev–Trinajstić information content (AvgIpc) is 3.33. The van der Waals surface area contributed by atoms with E-state index >= 15 is 0 Å². The van der Waals surface area contributed by atoms with Crippen LogP contribution in [-0.4, -0.2) is 59.6 Å². The molecule has 3 N–H and O–H groups in total. The SMILES string of the molecule is CN(C(=O)c1cnco1)[C@@H]1CC[C@H](n2cnc3c(N)ncnc32)[C@H]1O. The van der Waals surface area contributed by atoms with E-state index in [0.717, 1.165) is 0 Å². The molecule has 1 fully saturated rings. The largest absolute Gasteiger partial charge is 0.438 e. The van der Waals surface area contributed by atoms with Gasteiger partial charge in [-0.3, -0.25) is 4.79 Å². The summed E-state index contributed by atoms with van der Waals surface area (Å²) < 4.78 is 6.85. The van der Waals surface area contributed by atoms with Crippen molar-refractivity contribution in [2.45, 2.75) is 31.0 Å². The Balaban J connectivity index is 1.60. The van der Waals surface area contributed by atoms with Gasteiger partial charge in [0, 0.05) is 7.05 Å². The predicted molar refractivity (Wildman–Crippen MR) is 86.4 cm³/mol. The van der Waals surface area contributed by atoms with Crippen molar-refractivity contribution in [1.29, 1.82) is 0 Å². The van der Waals surface area contributed by atoms with Crippen molar-refractivity contribution < 1.29 is 14.3 Å². The number of oxazole rings is 1. The fraction of sp³-hybridized carbons (Fsp3) is 0.400. The highest BCUT2D eigenvalue weighted by Crippen LogP contribution is 2.35. The third kappa shape index (κ3) is 2.41. The second kappa shape index (κ2) is 5.81. The number of nitrogen functional groups attached to an aromatic ring is 1. The van der Waals surface area contributed by atoms with Crippen LogP contribution >= 0.6 is 0 Å². The summed E-state index contributed by atoms with van der Waals surface area (Å²) >= 11 is 0. The van der Waals surface area contributed by atoms with Crippen LogP contribution in [0.1, 0.15) is 29.4 Å². The van der Waals surface area contributed by atoms with Crippen molar-refractivity contribution >= 4 is 22.9 Å². The number of fused-ring (bicyclic) bond motifs is 1. The minimum Gasteiger partial charge on any atom is -0.438 e. The van der Waals surface area contributed by atoms with Gasteiger partial charge in [-0.05, 0) is 12.8 Å². The van der Waals surface area contributed by atoms with Crippen LogP contribution in [-0.2, 0) is 0 Å². The number of likely N-dealkylation sites (N-methyl/N-ethyl adjacent to an activating group) is 1. The minimum absolute atomic E-state index is 0.145. The van der Waals surface area contributed by atoms with Crippen molar-refractivity contribution in [2.24, 2.45) is 0 Å². The highest BCUT2D eigenvalue weighted by molar-refractivity contribution is 5.91. The molecular weight excluding hydrogens is 326 g/mol. The first-order valence-electron chi connectivity index (χ1n) is 7.84. The Morgan fingerprint density at radius 3 is 3.00 bits per heavy atom. The summed E-state index contributed by atoms with van der Waals surface area (Å²) in [6.45, 7) is 0. The van der Waals surface area contributed by atoms with Gasteiger partial charge in [-0.25, -0.2) is 19.9 Å². The van der Waals surface area contributed by atoms with Crippen molar-refractivity contribution in [1.82, 2.24) is 29.4 Å². The van der Waals surface area contributed by atoms with Crippen LogP contribution in [0.15, 0.2) is 29.7 Å². The van der Waals surface area contributed by atoms with Crippen LogP contribution in [0.4, 0.5) is 5.82 Å². The number of hydrogen-bond acceptors (Lipinski definition) is 8. The van der Waals surface area contributed by atoms with Gasteiger partial charge in [-0.15, -0.1) is 0 Å². The standard InChI is InChI=1S/C15H17N7O3/c1-21(15(24)10-4-17-7-25-10)8-2-3-9(12(8)23)22-6-20-11-13(16)18-5-19-14(11)22/h4-9,12,23H,2-3H2,1H3,(H2,16,18,19)/t8-,9+,12+/m1/s1. The molecule has 0 aliphatic heterocycles. The summed E-state index contributed by atoms with van der Waals surface area (Å²) in [5.41, 5.74) is 6.89. The lowest BCUT2D eigenvalue weighted by atomic mass is 10.1. The zero-order valence-corrected chi connectivity index (χ0v) is 13.5. The Bertz CT molecular complexity index is 907. The van der Waals surface area contributed by atoms with E-state index in [1.807, 2.05) is 0 Å². The van der Waals surface area contributed by atoms with Crippen LogP contribution in [0, 0.1) is 0 Å². The Hall–Kier alpha value is -3.01. The maximum atomic E-state index is 12.4. The maximum absolute atomic E-state index is 12.4. The van der Waals surface area contributed by atoms with E-state index in [1.165, 1.54) is 23.8 Å². The van der Waals surface area contributed by atoms with Gasteiger partial charge in [0.05, 0.1) is 30.7 Å². The zero-order chi connectivity index (χ0) is 17.6. The molecule has 0 radical (unpaired) electrons. The molecule has 1 aliphatic rings. The number of carbonyl (C=O) groups is 1. The van der Waals surface area contributed by atoms with E-state index in [9.17, 15) is 9.90 Å². The maximum Gasteiger partial charge on any atom is 0.291 e. The predicted octanol–water partition coefficient (Wildman–Crippen LogP) is 0.233. The molecule has 10 heteroatoms. The van der Waals surface area contributed by atoms with Crippen molar-refractivity contribution in [2.75, 3.05) is 12.8 Å². The number of imidazole rings is 1. The molecule has 4 rings (SSSR count). The fourth-order valence-corrected chi connectivity index (χ4v) is 3.42. The van der Waals surface area contributed by atoms with Gasteiger partial charge < -0.3 is 24.7 Å². The third-order valence-corrected chi connectivity index (χ3v) is 4.75. The third-order valence-electron chi connectivity index (χ3n) is 4.75. The summed E-state index contributed by atoms with van der Waals surface area (Å²) in [6.07, 6.45) is 6.08. The Morgan fingerprint density at radius 2 is 2.24 bits per heavy atom. The molecular formula is C15H17N7O3. The number of aliphatic hydroxyl groups is 1. The van der Waals surface area contributed by atoms with Gasteiger partial charge >= 0.3 is 0 Å². The number of rotatable bonds is 3. The van der Waals surface area contributed by atoms with Crippen LogP contribution < -0.4 is 5.73 Å². The van der Waals surface area contributed by atoms with Gasteiger partial charge in [-0.1, -0.05) is 0 Å². The lowest BCUT2D eigenvalue weighted by Gasteiger charge is -2.28. The number of aromatic nitrogens is 5. The summed E-state index contributed by atoms with van der Waals surface area (Å²) in [5.74, 6) is 0.126. The molecule has 0 aromatic carbocycles. The second-order valence-corrected chi connectivity index (χ2v) is 6.07. The first kappa shape index (κ1) is 15.5. The van der Waals surface area contributed by atoms with Crippen LogP contribution in [0.3, 0.4) is 0 Å². The molecule has 0 bridgehead atoms. The second-order valence-electron chi connectivity index (χ2n) is 6.07. The summed E-state index contributed by atoms with van der Waals surface area (Å²) in [4.78, 5) is 30.0. The summed E-state index contributed by atoms with van der Waals surface area (Å²) in [5, 5.41) is 10.8. The number of amides is 1. The molecule has 25 heavy (non-hydrogen) atoms. The van der Waals surface area contributed by atoms with Gasteiger partial charge in [0.2, 0.25) is 5.76 Å². The van der Waals surface area contributed by atoms with E-state index in [-0.39, 0.29) is 23.8 Å². The Labute approximate surface area is 142 Å². The summed E-state index contributed by atoms with van der Waals surface area (Å²) in [7, 11) is 1.65. The quantitative estimate of drug-likeness (QED) is 0.690. The molecule has 0 unspecified atom stereocenters. The number of carbonyl (C=O) groups excluding carboxylic acids is 1. The fourth-order valence-electron chi connectivity index (χ4n) is 3.42. The molecule has 3 aromatic heterocycles. The molecule has 3 heterocycles. The van der Waals surface area contributed by atoms with Crippen LogP contribution in [0.25, 0.3) is 11.2 Å². The monoisotopic (exact) mass is 343 g/mol. The van der Waals surface area contributed by atoms with E-state index in [2.05, 4.69) is 19.9 Å².